The number of aryl methyl sites for hydroxylation is 1. The summed E-state index contributed by atoms with van der Waals surface area (Å²) in [6.07, 6.45) is 0. The van der Waals surface area contributed by atoms with E-state index in [2.05, 4.69) is 24.6 Å². The summed E-state index contributed by atoms with van der Waals surface area (Å²) in [4.78, 5) is 2.19. The van der Waals surface area contributed by atoms with Gasteiger partial charge in [-0.3, -0.25) is 0 Å². The van der Waals surface area contributed by atoms with E-state index in [1.807, 2.05) is 19.1 Å². The highest BCUT2D eigenvalue weighted by atomic mass is 35.5. The number of hydrogen-bond acceptors (Lipinski definition) is 3. The predicted octanol–water partition coefficient (Wildman–Crippen LogP) is 3.02. The maximum atomic E-state index is 6.11. The maximum Gasteiger partial charge on any atom is 0.123 e. The van der Waals surface area contributed by atoms with Crippen LogP contribution in [0.4, 0.5) is 0 Å². The molecule has 90 valence electrons. The molecule has 0 unspecified atom stereocenters. The van der Waals surface area contributed by atoms with E-state index in [9.17, 15) is 0 Å². The third-order valence-corrected chi connectivity index (χ3v) is 3.09. The van der Waals surface area contributed by atoms with E-state index in [1.165, 1.54) is 0 Å². The Hall–Kier alpha value is -0.380. The normalized spacial score (nSPS) is 10.9. The van der Waals surface area contributed by atoms with Gasteiger partial charge in [-0.25, -0.2) is 0 Å². The molecule has 4 heteroatoms. The van der Waals surface area contributed by atoms with Crippen molar-refractivity contribution < 1.29 is 4.74 Å². The second-order valence-corrected chi connectivity index (χ2v) is 4.73. The second kappa shape index (κ2) is 6.38. The van der Waals surface area contributed by atoms with E-state index < -0.39 is 0 Å². The molecule has 0 aliphatic rings. The number of halogens is 1. The largest absolute Gasteiger partial charge is 0.496 e. The van der Waals surface area contributed by atoms with Crippen molar-refractivity contribution in [2.75, 3.05) is 26.5 Å². The van der Waals surface area contributed by atoms with Gasteiger partial charge in [0, 0.05) is 29.4 Å². The lowest BCUT2D eigenvalue weighted by molar-refractivity contribution is 0.335. The zero-order valence-corrected chi connectivity index (χ0v) is 11.6. The topological polar surface area (TPSA) is 12.5 Å². The van der Waals surface area contributed by atoms with Crippen LogP contribution in [0.15, 0.2) is 12.1 Å². The molecule has 0 heterocycles. The minimum atomic E-state index is 0.787. The molecule has 1 aromatic carbocycles. The standard InChI is InChI=1S/C12H18ClNOS/c1-9-6-12(15-3)10(7-11(9)13)8-14(2)4-5-16/h6-7,16H,4-5,8H2,1-3H3. The van der Waals surface area contributed by atoms with Crippen LogP contribution in [-0.4, -0.2) is 31.4 Å². The molecule has 0 spiro atoms. The van der Waals surface area contributed by atoms with Crippen molar-refractivity contribution in [1.29, 1.82) is 0 Å². The molecular formula is C12H18ClNOS. The molecular weight excluding hydrogens is 242 g/mol. The average molecular weight is 260 g/mol. The van der Waals surface area contributed by atoms with Gasteiger partial charge < -0.3 is 9.64 Å². The Morgan fingerprint density at radius 3 is 2.69 bits per heavy atom. The van der Waals surface area contributed by atoms with E-state index in [0.29, 0.717) is 0 Å². The van der Waals surface area contributed by atoms with Gasteiger partial charge in [-0.15, -0.1) is 0 Å². The van der Waals surface area contributed by atoms with Crippen molar-refractivity contribution in [1.82, 2.24) is 4.90 Å². The SMILES string of the molecule is COc1cc(C)c(Cl)cc1CN(C)CCS. The molecule has 0 bridgehead atoms. The third kappa shape index (κ3) is 3.58. The van der Waals surface area contributed by atoms with E-state index >= 15 is 0 Å². The van der Waals surface area contributed by atoms with Gasteiger partial charge in [0.15, 0.2) is 0 Å². The highest BCUT2D eigenvalue weighted by Gasteiger charge is 2.08. The lowest BCUT2D eigenvalue weighted by Gasteiger charge is -2.18. The van der Waals surface area contributed by atoms with Gasteiger partial charge in [0.05, 0.1) is 7.11 Å². The zero-order valence-electron chi connectivity index (χ0n) is 9.96. The van der Waals surface area contributed by atoms with Crippen LogP contribution in [-0.2, 0) is 6.54 Å². The van der Waals surface area contributed by atoms with Crippen LogP contribution in [0.3, 0.4) is 0 Å². The van der Waals surface area contributed by atoms with E-state index in [0.717, 1.165) is 40.7 Å². The first-order valence-electron chi connectivity index (χ1n) is 5.21. The molecule has 1 aromatic rings. The molecule has 0 aromatic heterocycles. The molecule has 0 saturated heterocycles. The highest BCUT2D eigenvalue weighted by molar-refractivity contribution is 7.80. The Kier molecular flexibility index (Phi) is 5.46. The van der Waals surface area contributed by atoms with Gasteiger partial charge in [-0.2, -0.15) is 12.6 Å². The van der Waals surface area contributed by atoms with Crippen LogP contribution < -0.4 is 4.74 Å². The summed E-state index contributed by atoms with van der Waals surface area (Å²) in [6.45, 7) is 3.74. The Morgan fingerprint density at radius 2 is 2.12 bits per heavy atom. The number of thiol groups is 1. The fourth-order valence-electron chi connectivity index (χ4n) is 1.55. The van der Waals surface area contributed by atoms with Gasteiger partial charge >= 0.3 is 0 Å². The van der Waals surface area contributed by atoms with E-state index in [4.69, 9.17) is 16.3 Å². The average Bonchev–Trinajstić information content (AvgIpc) is 2.23. The first-order chi connectivity index (χ1) is 7.58. The number of benzene rings is 1. The zero-order chi connectivity index (χ0) is 12.1. The Labute approximate surface area is 108 Å². The molecule has 0 radical (unpaired) electrons. The molecule has 16 heavy (non-hydrogen) atoms. The van der Waals surface area contributed by atoms with E-state index in [1.54, 1.807) is 7.11 Å². The van der Waals surface area contributed by atoms with Crippen LogP contribution in [0.25, 0.3) is 0 Å². The number of nitrogens with zero attached hydrogens (tertiary/aromatic N) is 1. The molecule has 0 atom stereocenters. The summed E-state index contributed by atoms with van der Waals surface area (Å²) in [7, 11) is 3.74. The van der Waals surface area contributed by atoms with Gasteiger partial charge in [-0.1, -0.05) is 11.6 Å². The second-order valence-electron chi connectivity index (χ2n) is 3.87. The minimum Gasteiger partial charge on any atom is -0.496 e. The van der Waals surface area contributed by atoms with Crippen molar-refractivity contribution in [3.05, 3.63) is 28.3 Å². The Bertz CT molecular complexity index is 357. The van der Waals surface area contributed by atoms with Crippen LogP contribution in [0.5, 0.6) is 5.75 Å². The smallest absolute Gasteiger partial charge is 0.123 e. The highest BCUT2D eigenvalue weighted by Crippen LogP contribution is 2.27. The fourth-order valence-corrected chi connectivity index (χ4v) is 2.08. The van der Waals surface area contributed by atoms with Gasteiger partial charge in [0.2, 0.25) is 0 Å². The summed E-state index contributed by atoms with van der Waals surface area (Å²) in [5.74, 6) is 1.74. The quantitative estimate of drug-likeness (QED) is 0.817. The molecule has 0 N–H and O–H groups in total. The summed E-state index contributed by atoms with van der Waals surface area (Å²) in [5, 5.41) is 0.787. The first kappa shape index (κ1) is 13.7. The van der Waals surface area contributed by atoms with Gasteiger partial charge in [-0.05, 0) is 31.7 Å². The lowest BCUT2D eigenvalue weighted by atomic mass is 10.1. The summed E-state index contributed by atoms with van der Waals surface area (Å²) in [5.41, 5.74) is 2.15. The Balaban J connectivity index is 2.89. The maximum absolute atomic E-state index is 6.11. The number of methoxy groups -OCH3 is 1. The van der Waals surface area contributed by atoms with Crippen LogP contribution in [0.1, 0.15) is 11.1 Å². The summed E-state index contributed by atoms with van der Waals surface area (Å²) >= 11 is 10.3. The Morgan fingerprint density at radius 1 is 1.44 bits per heavy atom. The van der Waals surface area contributed by atoms with Crippen molar-refractivity contribution in [3.63, 3.8) is 0 Å². The van der Waals surface area contributed by atoms with Crippen molar-refractivity contribution in [2.45, 2.75) is 13.5 Å². The van der Waals surface area contributed by atoms with Crippen LogP contribution in [0, 0.1) is 6.92 Å². The monoisotopic (exact) mass is 259 g/mol. The fraction of sp³-hybridized carbons (Fsp3) is 0.500. The van der Waals surface area contributed by atoms with Gasteiger partial charge in [0.1, 0.15) is 5.75 Å². The number of rotatable bonds is 5. The third-order valence-electron chi connectivity index (χ3n) is 2.48. The van der Waals surface area contributed by atoms with Gasteiger partial charge in [0.25, 0.3) is 0 Å². The van der Waals surface area contributed by atoms with E-state index in [-0.39, 0.29) is 0 Å². The predicted molar refractivity (Wildman–Crippen MR) is 72.9 cm³/mol. The van der Waals surface area contributed by atoms with Crippen molar-refractivity contribution in [3.8, 4) is 5.75 Å². The van der Waals surface area contributed by atoms with Crippen LogP contribution in [0.2, 0.25) is 5.02 Å². The molecule has 0 aliphatic heterocycles. The molecule has 0 fully saturated rings. The molecule has 2 nitrogen and oxygen atoms in total. The molecule has 0 amide bonds. The van der Waals surface area contributed by atoms with Crippen molar-refractivity contribution >= 4 is 24.2 Å². The summed E-state index contributed by atoms with van der Waals surface area (Å²) in [6, 6.07) is 3.96. The first-order valence-corrected chi connectivity index (χ1v) is 6.22. The number of ether oxygens (including phenoxy) is 1. The summed E-state index contributed by atoms with van der Waals surface area (Å²) < 4.78 is 5.36. The molecule has 0 saturated carbocycles. The minimum absolute atomic E-state index is 0.787. The van der Waals surface area contributed by atoms with Crippen LogP contribution >= 0.6 is 24.2 Å². The number of hydrogen-bond donors (Lipinski definition) is 1. The molecule has 0 aliphatic carbocycles. The molecule has 1 rings (SSSR count). The van der Waals surface area contributed by atoms with Crippen molar-refractivity contribution in [2.24, 2.45) is 0 Å². The lowest BCUT2D eigenvalue weighted by Crippen LogP contribution is -2.20.